The zero-order valence-electron chi connectivity index (χ0n) is 6.21. The smallest absolute Gasteiger partial charge is 0.0930 e. The van der Waals surface area contributed by atoms with Gasteiger partial charge in [-0.1, -0.05) is 0 Å². The van der Waals surface area contributed by atoms with Gasteiger partial charge in [-0.15, -0.1) is 0 Å². The largest absolute Gasteiger partial charge is 0.236 e. The molecule has 0 N–H and O–H groups in total. The Morgan fingerprint density at radius 1 is 0.900 bits per heavy atom. The molecular weight excluding hydrogens is 128 g/mol. The van der Waals surface area contributed by atoms with Crippen LogP contribution in [0.3, 0.4) is 0 Å². The maximum absolute atomic E-state index is 5.17. The van der Waals surface area contributed by atoms with Crippen LogP contribution < -0.4 is 0 Å². The van der Waals surface area contributed by atoms with Crippen molar-refractivity contribution >= 4 is 0 Å². The van der Waals surface area contributed by atoms with E-state index in [1.54, 1.807) is 0 Å². The van der Waals surface area contributed by atoms with Crippen molar-refractivity contribution in [1.82, 2.24) is 0 Å². The third kappa shape index (κ3) is 1.32. The fraction of sp³-hybridized carbons (Fsp3) is 1.00. The molecule has 10 heavy (non-hydrogen) atoms. The van der Waals surface area contributed by atoms with Gasteiger partial charge in [0.05, 0.1) is 12.7 Å². The van der Waals surface area contributed by atoms with Crippen molar-refractivity contribution in [2.45, 2.75) is 38.2 Å². The van der Waals surface area contributed by atoms with E-state index in [-0.39, 0.29) is 0 Å². The average molecular weight is 142 g/mol. The molecule has 0 amide bonds. The summed E-state index contributed by atoms with van der Waals surface area (Å²) in [6.07, 6.45) is 6.75. The lowest BCUT2D eigenvalue weighted by molar-refractivity contribution is -0.339. The van der Waals surface area contributed by atoms with E-state index in [2.05, 4.69) is 0 Å². The van der Waals surface area contributed by atoms with Gasteiger partial charge in [0, 0.05) is 0 Å². The molecule has 0 radical (unpaired) electrons. The van der Waals surface area contributed by atoms with Gasteiger partial charge in [0.1, 0.15) is 0 Å². The summed E-state index contributed by atoms with van der Waals surface area (Å²) in [5, 5.41) is 0. The van der Waals surface area contributed by atoms with Gasteiger partial charge in [-0.2, -0.15) is 0 Å². The molecule has 2 saturated heterocycles. The van der Waals surface area contributed by atoms with E-state index in [1.165, 1.54) is 32.1 Å². The Hall–Kier alpha value is -0.0800. The fourth-order valence-corrected chi connectivity index (χ4v) is 1.88. The zero-order chi connectivity index (χ0) is 6.81. The first-order valence-electron chi connectivity index (χ1n) is 4.23. The van der Waals surface area contributed by atoms with Crippen LogP contribution in [0.2, 0.25) is 0 Å². The van der Waals surface area contributed by atoms with Crippen molar-refractivity contribution in [2.75, 3.05) is 6.61 Å². The molecule has 0 aromatic carbocycles. The normalized spacial score (nSPS) is 40.8. The van der Waals surface area contributed by atoms with Crippen LogP contribution in [0.15, 0.2) is 0 Å². The lowest BCUT2D eigenvalue weighted by Crippen LogP contribution is -2.26. The van der Waals surface area contributed by atoms with Crippen molar-refractivity contribution in [3.63, 3.8) is 0 Å². The highest BCUT2D eigenvalue weighted by atomic mass is 17.2. The molecular formula is C8H14O2. The first kappa shape index (κ1) is 6.62. The van der Waals surface area contributed by atoms with Gasteiger partial charge in [0.15, 0.2) is 0 Å². The molecule has 0 spiro atoms. The first-order valence-corrected chi connectivity index (χ1v) is 4.23. The topological polar surface area (TPSA) is 18.5 Å². The quantitative estimate of drug-likeness (QED) is 0.481. The molecule has 0 atom stereocenters. The van der Waals surface area contributed by atoms with Crippen LogP contribution in [0.5, 0.6) is 0 Å². The summed E-state index contributed by atoms with van der Waals surface area (Å²) < 4.78 is 0. The van der Waals surface area contributed by atoms with Crippen LogP contribution in [0.25, 0.3) is 0 Å². The van der Waals surface area contributed by atoms with Crippen LogP contribution in [-0.4, -0.2) is 12.7 Å². The third-order valence-corrected chi connectivity index (χ3v) is 2.61. The highest BCUT2D eigenvalue weighted by Crippen LogP contribution is 2.30. The molecule has 3 rings (SSSR count). The molecule has 2 bridgehead atoms. The monoisotopic (exact) mass is 142 g/mol. The van der Waals surface area contributed by atoms with Crippen LogP contribution >= 0.6 is 0 Å². The summed E-state index contributed by atoms with van der Waals surface area (Å²) in [5.41, 5.74) is 0. The van der Waals surface area contributed by atoms with Gasteiger partial charge >= 0.3 is 0 Å². The minimum absolute atomic E-state index is 0.413. The maximum atomic E-state index is 5.17. The SMILES string of the molecule is C1CC2CCC(CC2)OO1. The van der Waals surface area contributed by atoms with E-state index in [9.17, 15) is 0 Å². The third-order valence-electron chi connectivity index (χ3n) is 2.61. The van der Waals surface area contributed by atoms with Crippen molar-refractivity contribution in [3.05, 3.63) is 0 Å². The Kier molecular flexibility index (Phi) is 1.91. The van der Waals surface area contributed by atoms with Crippen LogP contribution in [-0.2, 0) is 9.78 Å². The second kappa shape index (κ2) is 2.89. The van der Waals surface area contributed by atoms with E-state index in [0.29, 0.717) is 6.10 Å². The van der Waals surface area contributed by atoms with Crippen LogP contribution in [0.4, 0.5) is 0 Å². The average Bonchev–Trinajstić information content (AvgIpc) is 1.89. The minimum atomic E-state index is 0.413. The Morgan fingerprint density at radius 2 is 1.70 bits per heavy atom. The van der Waals surface area contributed by atoms with Crippen molar-refractivity contribution in [2.24, 2.45) is 5.92 Å². The Labute approximate surface area is 61.4 Å². The maximum Gasteiger partial charge on any atom is 0.0930 e. The fourth-order valence-electron chi connectivity index (χ4n) is 1.88. The van der Waals surface area contributed by atoms with Gasteiger partial charge in [-0.25, -0.2) is 9.78 Å². The summed E-state index contributed by atoms with van der Waals surface area (Å²) in [6.45, 7) is 0.807. The molecule has 1 aliphatic carbocycles. The number of hydrogen-bond donors (Lipinski definition) is 0. The van der Waals surface area contributed by atoms with Crippen molar-refractivity contribution in [1.29, 1.82) is 0 Å². The Bertz CT molecular complexity index is 86.3. The van der Waals surface area contributed by atoms with E-state index in [4.69, 9.17) is 9.78 Å². The number of fused-ring (bicyclic) bond motifs is 5. The van der Waals surface area contributed by atoms with Crippen molar-refractivity contribution < 1.29 is 9.78 Å². The highest BCUT2D eigenvalue weighted by Gasteiger charge is 2.24. The lowest BCUT2D eigenvalue weighted by atomic mass is 9.85. The molecule has 2 aliphatic heterocycles. The van der Waals surface area contributed by atoms with Crippen LogP contribution in [0.1, 0.15) is 32.1 Å². The minimum Gasteiger partial charge on any atom is -0.236 e. The predicted molar refractivity (Wildman–Crippen MR) is 37.4 cm³/mol. The summed E-state index contributed by atoms with van der Waals surface area (Å²) in [4.78, 5) is 10.2. The molecule has 0 aromatic rings. The summed E-state index contributed by atoms with van der Waals surface area (Å²) >= 11 is 0. The summed E-state index contributed by atoms with van der Waals surface area (Å²) in [6, 6.07) is 0. The van der Waals surface area contributed by atoms with Gasteiger partial charge in [0.25, 0.3) is 0 Å². The first-order chi connectivity index (χ1) is 4.95. The summed E-state index contributed by atoms with van der Waals surface area (Å²) in [5.74, 6) is 0.931. The lowest BCUT2D eigenvalue weighted by Gasteiger charge is -2.30. The molecule has 1 saturated carbocycles. The predicted octanol–water partition coefficient (Wildman–Crippen LogP) is 1.90. The van der Waals surface area contributed by atoms with Crippen LogP contribution in [0, 0.1) is 5.92 Å². The zero-order valence-corrected chi connectivity index (χ0v) is 6.21. The Balaban J connectivity index is 1.94. The molecule has 0 aromatic heterocycles. The van der Waals surface area contributed by atoms with Gasteiger partial charge < -0.3 is 0 Å². The highest BCUT2D eigenvalue weighted by molar-refractivity contribution is 4.72. The van der Waals surface area contributed by atoms with Crippen molar-refractivity contribution in [3.8, 4) is 0 Å². The number of rotatable bonds is 0. The van der Waals surface area contributed by atoms with Gasteiger partial charge in [0.2, 0.25) is 0 Å². The molecule has 3 aliphatic rings. The molecule has 58 valence electrons. The second-order valence-electron chi connectivity index (χ2n) is 3.35. The van der Waals surface area contributed by atoms with E-state index < -0.39 is 0 Å². The molecule has 3 fully saturated rings. The molecule has 2 heterocycles. The van der Waals surface area contributed by atoms with E-state index in [0.717, 1.165) is 12.5 Å². The molecule has 2 heteroatoms. The summed E-state index contributed by atoms with van der Waals surface area (Å²) in [7, 11) is 0. The second-order valence-corrected chi connectivity index (χ2v) is 3.35. The van der Waals surface area contributed by atoms with Gasteiger partial charge in [-0.3, -0.25) is 0 Å². The molecule has 2 nitrogen and oxygen atoms in total. The Morgan fingerprint density at radius 3 is 2.50 bits per heavy atom. The molecule has 0 unspecified atom stereocenters. The van der Waals surface area contributed by atoms with Gasteiger partial charge in [-0.05, 0) is 38.0 Å². The van der Waals surface area contributed by atoms with E-state index in [1.807, 2.05) is 0 Å². The standard InChI is InChI=1S/C8H14O2/c1-3-8-4-2-7(1)5-6-9-10-8/h7-8H,1-6H2. The number of hydrogen-bond acceptors (Lipinski definition) is 2. The van der Waals surface area contributed by atoms with E-state index >= 15 is 0 Å².